The molecule has 7 heteroatoms. The van der Waals surface area contributed by atoms with Crippen LogP contribution in [0.15, 0.2) is 42.0 Å². The molecule has 1 saturated heterocycles. The van der Waals surface area contributed by atoms with Gasteiger partial charge in [0.05, 0.1) is 38.7 Å². The van der Waals surface area contributed by atoms with Gasteiger partial charge in [-0.25, -0.2) is 0 Å². The molecule has 1 amide bonds. The maximum Gasteiger partial charge on any atom is 0.262 e. The van der Waals surface area contributed by atoms with Crippen LogP contribution in [0.4, 0.5) is 5.69 Å². The zero-order valence-electron chi connectivity index (χ0n) is 17.1. The van der Waals surface area contributed by atoms with E-state index in [0.29, 0.717) is 32.4 Å². The maximum atomic E-state index is 12.5. The summed E-state index contributed by atoms with van der Waals surface area (Å²) in [6, 6.07) is 14.6. The molecule has 0 radical (unpaired) electrons. The van der Waals surface area contributed by atoms with Gasteiger partial charge in [0.15, 0.2) is 0 Å². The second-order valence-corrected chi connectivity index (χ2v) is 7.10. The lowest BCUT2D eigenvalue weighted by Crippen LogP contribution is -2.28. The van der Waals surface area contributed by atoms with Gasteiger partial charge in [-0.3, -0.25) is 4.79 Å². The van der Waals surface area contributed by atoms with Crippen LogP contribution in [0.2, 0.25) is 0 Å². The van der Waals surface area contributed by atoms with E-state index in [1.807, 2.05) is 30.3 Å². The number of nitriles is 1. The first-order valence-corrected chi connectivity index (χ1v) is 10.1. The smallest absolute Gasteiger partial charge is 0.262 e. The highest BCUT2D eigenvalue weighted by Gasteiger charge is 2.32. The van der Waals surface area contributed by atoms with E-state index in [4.69, 9.17) is 14.6 Å². The molecule has 1 fully saturated rings. The summed E-state index contributed by atoms with van der Waals surface area (Å²) in [6.45, 7) is 4.76. The molecular weight excluding hydrogens is 382 g/mol. The van der Waals surface area contributed by atoms with Crippen LogP contribution < -0.4 is 10.2 Å². The van der Waals surface area contributed by atoms with Crippen molar-refractivity contribution < 1.29 is 19.4 Å². The first kappa shape index (κ1) is 21.8. The molecule has 1 unspecified atom stereocenters. The number of anilines is 1. The Hall–Kier alpha value is -2.92. The van der Waals surface area contributed by atoms with Gasteiger partial charge in [0.2, 0.25) is 0 Å². The summed E-state index contributed by atoms with van der Waals surface area (Å²) in [5.74, 6) is -0.421. The van der Waals surface area contributed by atoms with Crippen molar-refractivity contribution in [3.8, 4) is 6.07 Å². The van der Waals surface area contributed by atoms with Crippen LogP contribution in [-0.4, -0.2) is 63.2 Å². The van der Waals surface area contributed by atoms with Crippen molar-refractivity contribution in [2.24, 2.45) is 0 Å². The molecule has 1 atom stereocenters. The van der Waals surface area contributed by atoms with Gasteiger partial charge in [0, 0.05) is 24.5 Å². The Balaban J connectivity index is 1.65. The zero-order chi connectivity index (χ0) is 21.3. The number of amides is 1. The van der Waals surface area contributed by atoms with Gasteiger partial charge in [-0.2, -0.15) is 5.26 Å². The van der Waals surface area contributed by atoms with Crippen molar-refractivity contribution in [2.75, 3.05) is 51.0 Å². The van der Waals surface area contributed by atoms with Crippen molar-refractivity contribution in [1.82, 2.24) is 5.32 Å². The summed E-state index contributed by atoms with van der Waals surface area (Å²) in [7, 11) is 0. The molecule has 0 saturated carbocycles. The number of rotatable bonds is 11. The van der Waals surface area contributed by atoms with Crippen molar-refractivity contribution in [3.05, 3.63) is 47.5 Å². The number of carbonyl (C=O) groups excluding carboxylic acids is 1. The predicted octanol–water partition coefficient (Wildman–Crippen LogP) is 2.10. The number of ether oxygens (including phenoxy) is 2. The average molecular weight is 409 g/mol. The van der Waals surface area contributed by atoms with Gasteiger partial charge in [0.1, 0.15) is 11.6 Å². The molecule has 7 nitrogen and oxygen atoms in total. The third kappa shape index (κ3) is 5.57. The fraction of sp³-hybridized carbons (Fsp3) is 0.391. The minimum Gasteiger partial charge on any atom is -0.394 e. The maximum absolute atomic E-state index is 12.5. The summed E-state index contributed by atoms with van der Waals surface area (Å²) in [4.78, 5) is 14.7. The molecule has 0 aromatic heterocycles. The monoisotopic (exact) mass is 409 g/mol. The minimum absolute atomic E-state index is 0.0189. The van der Waals surface area contributed by atoms with E-state index >= 15 is 0 Å². The molecule has 158 valence electrons. The summed E-state index contributed by atoms with van der Waals surface area (Å²) >= 11 is 0. The lowest BCUT2D eigenvalue weighted by Gasteiger charge is -2.13. The highest BCUT2D eigenvalue weighted by molar-refractivity contribution is 6.05. The third-order valence-electron chi connectivity index (χ3n) is 4.88. The first-order valence-electron chi connectivity index (χ1n) is 10.1. The van der Waals surface area contributed by atoms with E-state index in [1.165, 1.54) is 0 Å². The lowest BCUT2D eigenvalue weighted by molar-refractivity contribution is -0.117. The molecule has 0 bridgehead atoms. The van der Waals surface area contributed by atoms with Gasteiger partial charge in [-0.05, 0) is 23.9 Å². The Bertz CT molecular complexity index is 951. The van der Waals surface area contributed by atoms with Crippen molar-refractivity contribution >= 4 is 28.4 Å². The molecule has 1 aliphatic heterocycles. The molecule has 30 heavy (non-hydrogen) atoms. The summed E-state index contributed by atoms with van der Waals surface area (Å²) in [5, 5.41) is 23.1. The number of fused-ring (bicyclic) bond motifs is 1. The second kappa shape index (κ2) is 10.7. The van der Waals surface area contributed by atoms with E-state index < -0.39 is 5.91 Å². The SMILES string of the molecule is CC1CN1c1c(/C=C(\C#N)C(=O)NCCOCCOCCO)ccc2ccccc12. The highest BCUT2D eigenvalue weighted by Crippen LogP contribution is 2.38. The average Bonchev–Trinajstić information content (AvgIpc) is 3.49. The third-order valence-corrected chi connectivity index (χ3v) is 4.88. The van der Waals surface area contributed by atoms with E-state index in [1.54, 1.807) is 6.08 Å². The first-order chi connectivity index (χ1) is 14.7. The molecule has 3 rings (SSSR count). The molecule has 2 N–H and O–H groups in total. The van der Waals surface area contributed by atoms with Crippen LogP contribution in [0.1, 0.15) is 12.5 Å². The van der Waals surface area contributed by atoms with Crippen LogP contribution in [0.3, 0.4) is 0 Å². The van der Waals surface area contributed by atoms with E-state index in [0.717, 1.165) is 28.6 Å². The Morgan fingerprint density at radius 1 is 1.23 bits per heavy atom. The van der Waals surface area contributed by atoms with Gasteiger partial charge in [-0.1, -0.05) is 36.4 Å². The normalized spacial score (nSPS) is 15.8. The molecule has 1 aliphatic rings. The van der Waals surface area contributed by atoms with Crippen LogP contribution in [-0.2, 0) is 14.3 Å². The Labute approximate surface area is 176 Å². The summed E-state index contributed by atoms with van der Waals surface area (Å²) < 4.78 is 10.4. The summed E-state index contributed by atoms with van der Waals surface area (Å²) in [6.07, 6.45) is 1.66. The van der Waals surface area contributed by atoms with Gasteiger partial charge in [-0.15, -0.1) is 0 Å². The number of hydrogen-bond donors (Lipinski definition) is 2. The Kier molecular flexibility index (Phi) is 7.80. The van der Waals surface area contributed by atoms with E-state index in [2.05, 4.69) is 29.3 Å². The topological polar surface area (TPSA) is 94.6 Å². The number of carbonyl (C=O) groups is 1. The molecule has 1 heterocycles. The Morgan fingerprint density at radius 2 is 1.97 bits per heavy atom. The zero-order valence-corrected chi connectivity index (χ0v) is 17.1. The predicted molar refractivity (Wildman–Crippen MR) is 116 cm³/mol. The Morgan fingerprint density at radius 3 is 2.67 bits per heavy atom. The lowest BCUT2D eigenvalue weighted by atomic mass is 10.0. The molecule has 0 spiro atoms. The largest absolute Gasteiger partial charge is 0.394 e. The van der Waals surface area contributed by atoms with Gasteiger partial charge < -0.3 is 24.8 Å². The number of nitrogens with zero attached hydrogens (tertiary/aromatic N) is 2. The molecule has 0 aliphatic carbocycles. The van der Waals surface area contributed by atoms with Crippen LogP contribution in [0, 0.1) is 11.3 Å². The number of aliphatic hydroxyl groups is 1. The number of hydrogen-bond acceptors (Lipinski definition) is 6. The number of nitrogens with one attached hydrogen (secondary N) is 1. The second-order valence-electron chi connectivity index (χ2n) is 7.10. The standard InChI is InChI=1S/C23H27N3O4/c1-17-16-26(17)22-19(7-6-18-4-2-3-5-21(18)22)14-20(15-24)23(28)25-8-10-29-12-13-30-11-9-27/h2-7,14,17,27H,8-13,16H2,1H3,(H,25,28)/b20-14+. The van der Waals surface area contributed by atoms with Crippen LogP contribution >= 0.6 is 0 Å². The minimum atomic E-state index is -0.421. The van der Waals surface area contributed by atoms with Crippen molar-refractivity contribution in [1.29, 1.82) is 5.26 Å². The van der Waals surface area contributed by atoms with Crippen molar-refractivity contribution in [3.63, 3.8) is 0 Å². The molecule has 2 aromatic carbocycles. The fourth-order valence-corrected chi connectivity index (χ4v) is 3.28. The van der Waals surface area contributed by atoms with Gasteiger partial charge >= 0.3 is 0 Å². The van der Waals surface area contributed by atoms with E-state index in [-0.39, 0.29) is 18.8 Å². The van der Waals surface area contributed by atoms with Crippen LogP contribution in [0.5, 0.6) is 0 Å². The fourth-order valence-electron chi connectivity index (χ4n) is 3.28. The quantitative estimate of drug-likeness (QED) is 0.255. The molecular formula is C23H27N3O4. The van der Waals surface area contributed by atoms with E-state index in [9.17, 15) is 10.1 Å². The summed E-state index contributed by atoms with van der Waals surface area (Å²) in [5.41, 5.74) is 1.99. The van der Waals surface area contributed by atoms with Crippen LogP contribution in [0.25, 0.3) is 16.8 Å². The number of benzene rings is 2. The van der Waals surface area contributed by atoms with Crippen molar-refractivity contribution in [2.45, 2.75) is 13.0 Å². The van der Waals surface area contributed by atoms with Gasteiger partial charge in [0.25, 0.3) is 5.91 Å². The molecule has 2 aromatic rings. The number of aliphatic hydroxyl groups excluding tert-OH is 1. The highest BCUT2D eigenvalue weighted by atomic mass is 16.5.